The van der Waals surface area contributed by atoms with Gasteiger partial charge in [0.05, 0.1) is 7.11 Å². The summed E-state index contributed by atoms with van der Waals surface area (Å²) in [5.41, 5.74) is 1.33. The van der Waals surface area contributed by atoms with E-state index in [-0.39, 0.29) is 0 Å². The highest BCUT2D eigenvalue weighted by Crippen LogP contribution is 2.17. The molecule has 44 valence electrons. The molecular formula is C7H10O. The van der Waals surface area contributed by atoms with Crippen molar-refractivity contribution in [3.8, 4) is 0 Å². The quantitative estimate of drug-likeness (QED) is 0.500. The van der Waals surface area contributed by atoms with Crippen LogP contribution in [0.4, 0.5) is 0 Å². The van der Waals surface area contributed by atoms with E-state index in [1.165, 1.54) is 5.57 Å². The molecule has 0 bridgehead atoms. The molecule has 0 spiro atoms. The molecule has 0 aromatic carbocycles. The van der Waals surface area contributed by atoms with Crippen LogP contribution in [0.15, 0.2) is 23.5 Å². The van der Waals surface area contributed by atoms with Crippen molar-refractivity contribution >= 4 is 0 Å². The maximum absolute atomic E-state index is 5.02. The summed E-state index contributed by atoms with van der Waals surface area (Å²) in [4.78, 5) is 0. The molecule has 1 aliphatic rings. The zero-order valence-corrected chi connectivity index (χ0v) is 5.27. The molecule has 0 aliphatic heterocycles. The van der Waals surface area contributed by atoms with Crippen LogP contribution in [0.1, 0.15) is 13.3 Å². The molecule has 0 amide bonds. The zero-order chi connectivity index (χ0) is 5.98. The smallest absolute Gasteiger partial charge is 0.117 e. The van der Waals surface area contributed by atoms with Gasteiger partial charge in [-0.3, -0.25) is 0 Å². The van der Waals surface area contributed by atoms with Gasteiger partial charge in [0.2, 0.25) is 0 Å². The average molecular weight is 110 g/mol. The van der Waals surface area contributed by atoms with Gasteiger partial charge in [-0.25, -0.2) is 0 Å². The molecule has 1 aliphatic carbocycles. The molecule has 0 unspecified atom stereocenters. The predicted molar refractivity (Wildman–Crippen MR) is 33.5 cm³/mol. The van der Waals surface area contributed by atoms with E-state index >= 15 is 0 Å². The van der Waals surface area contributed by atoms with Gasteiger partial charge in [-0.05, 0) is 25.0 Å². The summed E-state index contributed by atoms with van der Waals surface area (Å²) in [6.07, 6.45) is 5.17. The third-order valence-corrected chi connectivity index (χ3v) is 1.33. The summed E-state index contributed by atoms with van der Waals surface area (Å²) in [6, 6.07) is 0. The highest BCUT2D eigenvalue weighted by atomic mass is 16.5. The van der Waals surface area contributed by atoms with Gasteiger partial charge < -0.3 is 4.74 Å². The molecule has 0 atom stereocenters. The summed E-state index contributed by atoms with van der Waals surface area (Å²) in [5, 5.41) is 0. The largest absolute Gasteiger partial charge is 0.497 e. The predicted octanol–water partition coefficient (Wildman–Crippen LogP) is 1.87. The van der Waals surface area contributed by atoms with Crippen LogP contribution in [0, 0.1) is 0 Å². The van der Waals surface area contributed by atoms with Crippen molar-refractivity contribution in [3.05, 3.63) is 23.5 Å². The maximum Gasteiger partial charge on any atom is 0.117 e. The first-order valence-corrected chi connectivity index (χ1v) is 2.75. The molecule has 0 radical (unpaired) electrons. The number of ether oxygens (including phenoxy) is 1. The lowest BCUT2D eigenvalue weighted by atomic mass is 10.3. The van der Waals surface area contributed by atoms with Crippen molar-refractivity contribution < 1.29 is 4.74 Å². The Morgan fingerprint density at radius 3 is 2.62 bits per heavy atom. The molecule has 0 heterocycles. The molecule has 1 heteroatoms. The Hall–Kier alpha value is -0.720. The fourth-order valence-electron chi connectivity index (χ4n) is 0.828. The average Bonchev–Trinajstić information content (AvgIpc) is 2.14. The number of methoxy groups -OCH3 is 1. The fraction of sp³-hybridized carbons (Fsp3) is 0.429. The minimum atomic E-state index is 1.03. The Morgan fingerprint density at radius 1 is 1.62 bits per heavy atom. The normalized spacial score (nSPS) is 17.8. The van der Waals surface area contributed by atoms with Gasteiger partial charge in [-0.1, -0.05) is 6.08 Å². The van der Waals surface area contributed by atoms with E-state index in [9.17, 15) is 0 Å². The Morgan fingerprint density at radius 2 is 2.38 bits per heavy atom. The number of rotatable bonds is 1. The molecule has 0 N–H and O–H groups in total. The van der Waals surface area contributed by atoms with E-state index in [1.807, 2.05) is 6.08 Å². The molecule has 1 nitrogen and oxygen atoms in total. The minimum Gasteiger partial charge on any atom is -0.497 e. The summed E-state index contributed by atoms with van der Waals surface area (Å²) >= 11 is 0. The van der Waals surface area contributed by atoms with E-state index in [2.05, 4.69) is 13.0 Å². The van der Waals surface area contributed by atoms with E-state index in [0.717, 1.165) is 12.2 Å². The van der Waals surface area contributed by atoms with Gasteiger partial charge in [0.1, 0.15) is 5.76 Å². The van der Waals surface area contributed by atoms with Crippen molar-refractivity contribution in [3.63, 3.8) is 0 Å². The second-order valence-corrected chi connectivity index (χ2v) is 1.96. The van der Waals surface area contributed by atoms with E-state index < -0.39 is 0 Å². The molecule has 1 rings (SSSR count). The number of hydrogen-bond donors (Lipinski definition) is 0. The lowest BCUT2D eigenvalue weighted by molar-refractivity contribution is 0.304. The van der Waals surface area contributed by atoms with Gasteiger partial charge in [0.25, 0.3) is 0 Å². The van der Waals surface area contributed by atoms with Crippen LogP contribution in [0.5, 0.6) is 0 Å². The second kappa shape index (κ2) is 2.03. The summed E-state index contributed by atoms with van der Waals surface area (Å²) in [7, 11) is 1.70. The molecule has 8 heavy (non-hydrogen) atoms. The third kappa shape index (κ3) is 0.760. The van der Waals surface area contributed by atoms with Crippen LogP contribution >= 0.6 is 0 Å². The van der Waals surface area contributed by atoms with Crippen LogP contribution < -0.4 is 0 Å². The Kier molecular flexibility index (Phi) is 1.38. The Bertz CT molecular complexity index is 142. The fourth-order valence-corrected chi connectivity index (χ4v) is 0.828. The molecule has 0 fully saturated rings. The molecule has 0 saturated heterocycles. The first kappa shape index (κ1) is 5.42. The van der Waals surface area contributed by atoms with Crippen molar-refractivity contribution in [2.45, 2.75) is 13.3 Å². The monoisotopic (exact) mass is 110 g/mol. The first-order valence-electron chi connectivity index (χ1n) is 2.75. The highest BCUT2D eigenvalue weighted by molar-refractivity contribution is 5.27. The van der Waals surface area contributed by atoms with Crippen molar-refractivity contribution in [2.24, 2.45) is 0 Å². The standard InChI is InChI=1S/C7H10O/c1-6-4-3-5-7(6)8-2/h3,5H,4H2,1-2H3. The van der Waals surface area contributed by atoms with Gasteiger partial charge in [-0.2, -0.15) is 0 Å². The first-order chi connectivity index (χ1) is 3.84. The SMILES string of the molecule is COC1=C(C)CC=C1. The molecule has 0 saturated carbocycles. The second-order valence-electron chi connectivity index (χ2n) is 1.96. The van der Waals surface area contributed by atoms with Gasteiger partial charge in [0, 0.05) is 0 Å². The molecule has 0 aromatic heterocycles. The van der Waals surface area contributed by atoms with Crippen LogP contribution in [-0.2, 0) is 4.74 Å². The van der Waals surface area contributed by atoms with Crippen molar-refractivity contribution in [1.82, 2.24) is 0 Å². The summed E-state index contributed by atoms with van der Waals surface area (Å²) in [5.74, 6) is 1.03. The van der Waals surface area contributed by atoms with Crippen LogP contribution in [-0.4, -0.2) is 7.11 Å². The van der Waals surface area contributed by atoms with Crippen LogP contribution in [0.25, 0.3) is 0 Å². The lowest BCUT2D eigenvalue weighted by Crippen LogP contribution is -1.80. The summed E-state index contributed by atoms with van der Waals surface area (Å²) in [6.45, 7) is 2.08. The zero-order valence-electron chi connectivity index (χ0n) is 5.27. The van der Waals surface area contributed by atoms with Crippen molar-refractivity contribution in [1.29, 1.82) is 0 Å². The minimum absolute atomic E-state index is 1.03. The molecular weight excluding hydrogens is 100 g/mol. The van der Waals surface area contributed by atoms with E-state index in [1.54, 1.807) is 7.11 Å². The van der Waals surface area contributed by atoms with E-state index in [0.29, 0.717) is 0 Å². The maximum atomic E-state index is 5.02. The Balaban J connectivity index is 2.70. The van der Waals surface area contributed by atoms with Gasteiger partial charge in [-0.15, -0.1) is 0 Å². The van der Waals surface area contributed by atoms with Crippen LogP contribution in [0.3, 0.4) is 0 Å². The Labute approximate surface area is 49.7 Å². The number of hydrogen-bond acceptors (Lipinski definition) is 1. The van der Waals surface area contributed by atoms with E-state index in [4.69, 9.17) is 4.74 Å². The summed E-state index contributed by atoms with van der Waals surface area (Å²) < 4.78 is 5.02. The topological polar surface area (TPSA) is 9.23 Å². The highest BCUT2D eigenvalue weighted by Gasteiger charge is 2.01. The van der Waals surface area contributed by atoms with Crippen LogP contribution in [0.2, 0.25) is 0 Å². The van der Waals surface area contributed by atoms with Crippen molar-refractivity contribution in [2.75, 3.05) is 7.11 Å². The lowest BCUT2D eigenvalue weighted by Gasteiger charge is -1.97. The number of allylic oxidation sites excluding steroid dienone is 3. The van der Waals surface area contributed by atoms with Gasteiger partial charge >= 0.3 is 0 Å². The third-order valence-electron chi connectivity index (χ3n) is 1.33. The van der Waals surface area contributed by atoms with Gasteiger partial charge in [0.15, 0.2) is 0 Å². The molecule has 0 aromatic rings.